The highest BCUT2D eigenvalue weighted by Gasteiger charge is 2.16. The number of phenols is 1. The molecule has 6 nitrogen and oxygen atoms in total. The zero-order valence-corrected chi connectivity index (χ0v) is 14.0. The second-order valence-electron chi connectivity index (χ2n) is 6.45. The summed E-state index contributed by atoms with van der Waals surface area (Å²) < 4.78 is 1.94. The van der Waals surface area contributed by atoms with Crippen LogP contribution in [0.4, 0.5) is 0 Å². The van der Waals surface area contributed by atoms with Gasteiger partial charge in [-0.1, -0.05) is 0 Å². The lowest BCUT2D eigenvalue weighted by molar-refractivity contribution is 0.366. The minimum absolute atomic E-state index is 0.174. The van der Waals surface area contributed by atoms with Gasteiger partial charge < -0.3 is 15.0 Å². The Morgan fingerprint density at radius 3 is 2.60 bits per heavy atom. The Balaban J connectivity index is 1.51. The first-order chi connectivity index (χ1) is 12.3. The monoisotopic (exact) mass is 335 g/mol. The van der Waals surface area contributed by atoms with Gasteiger partial charge in [0.25, 0.3) is 0 Å². The summed E-state index contributed by atoms with van der Waals surface area (Å²) in [6, 6.07) is 9.41. The van der Waals surface area contributed by atoms with Crippen molar-refractivity contribution in [2.45, 2.75) is 19.3 Å². The lowest BCUT2D eigenvalue weighted by Gasteiger charge is -2.21. The number of nitrogens with one attached hydrogen (secondary N) is 1. The first kappa shape index (κ1) is 15.8. The van der Waals surface area contributed by atoms with Crippen molar-refractivity contribution in [3.05, 3.63) is 54.7 Å². The van der Waals surface area contributed by atoms with Crippen LogP contribution in [0.15, 0.2) is 48.9 Å². The number of aromatic nitrogens is 4. The van der Waals surface area contributed by atoms with Gasteiger partial charge in [-0.25, -0.2) is 4.98 Å². The predicted molar refractivity (Wildman–Crippen MR) is 95.6 cm³/mol. The lowest BCUT2D eigenvalue weighted by Crippen LogP contribution is -2.29. The third-order valence-electron chi connectivity index (χ3n) is 4.70. The minimum atomic E-state index is 0.174. The summed E-state index contributed by atoms with van der Waals surface area (Å²) >= 11 is 0. The summed E-state index contributed by atoms with van der Waals surface area (Å²) in [5, 5.41) is 22.3. The van der Waals surface area contributed by atoms with E-state index in [4.69, 9.17) is 0 Å². The van der Waals surface area contributed by atoms with Gasteiger partial charge in [-0.3, -0.25) is 0 Å². The third-order valence-corrected chi connectivity index (χ3v) is 4.70. The molecule has 1 fully saturated rings. The van der Waals surface area contributed by atoms with E-state index in [1.165, 1.54) is 0 Å². The van der Waals surface area contributed by atoms with Crippen molar-refractivity contribution >= 4 is 0 Å². The minimum Gasteiger partial charge on any atom is -0.507 e. The van der Waals surface area contributed by atoms with Crippen molar-refractivity contribution in [3.8, 4) is 22.7 Å². The summed E-state index contributed by atoms with van der Waals surface area (Å²) in [6.45, 7) is 2.13. The van der Waals surface area contributed by atoms with Crippen LogP contribution in [0.2, 0.25) is 0 Å². The van der Waals surface area contributed by atoms with Crippen LogP contribution in [0.1, 0.15) is 18.7 Å². The Morgan fingerprint density at radius 2 is 1.92 bits per heavy atom. The zero-order chi connectivity index (χ0) is 17.1. The Hall–Kier alpha value is -2.73. The molecule has 1 saturated heterocycles. The largest absolute Gasteiger partial charge is 0.507 e. The van der Waals surface area contributed by atoms with E-state index in [1.807, 2.05) is 41.2 Å². The molecule has 25 heavy (non-hydrogen) atoms. The van der Waals surface area contributed by atoms with Crippen molar-refractivity contribution in [2.75, 3.05) is 13.1 Å². The molecule has 0 atom stereocenters. The van der Waals surface area contributed by atoms with Gasteiger partial charge in [0, 0.05) is 36.1 Å². The molecule has 3 aromatic rings. The van der Waals surface area contributed by atoms with Crippen molar-refractivity contribution in [3.63, 3.8) is 0 Å². The van der Waals surface area contributed by atoms with E-state index >= 15 is 0 Å². The number of nitrogens with zero attached hydrogens (tertiary/aromatic N) is 4. The molecule has 0 amide bonds. The van der Waals surface area contributed by atoms with Gasteiger partial charge in [-0.2, -0.15) is 0 Å². The molecule has 0 unspecified atom stereocenters. The molecule has 0 radical (unpaired) electrons. The number of benzene rings is 1. The van der Waals surface area contributed by atoms with Crippen molar-refractivity contribution < 1.29 is 5.11 Å². The lowest BCUT2D eigenvalue weighted by atomic mass is 9.94. The van der Waals surface area contributed by atoms with E-state index in [1.54, 1.807) is 12.3 Å². The molecule has 4 rings (SSSR count). The topological polar surface area (TPSA) is 75.9 Å². The number of aromatic hydroxyl groups is 1. The number of piperidine rings is 1. The van der Waals surface area contributed by atoms with Crippen LogP contribution < -0.4 is 5.32 Å². The molecule has 3 heterocycles. The molecule has 0 aliphatic carbocycles. The highest BCUT2D eigenvalue weighted by Crippen LogP contribution is 2.29. The quantitative estimate of drug-likeness (QED) is 0.766. The first-order valence-corrected chi connectivity index (χ1v) is 8.65. The molecular weight excluding hydrogens is 314 g/mol. The Kier molecular flexibility index (Phi) is 4.43. The van der Waals surface area contributed by atoms with Crippen LogP contribution in [-0.4, -0.2) is 37.9 Å². The number of phenolic OH excluding ortho intramolecular Hbond substituents is 1. The standard InChI is InChI=1S/C19H21N5O/c25-18-12-15(24-9-1-2-10-24)3-4-16(18)17-13-21-19(23-22-17)11-14-5-7-20-8-6-14/h1-4,9-10,12-14,20,25H,5-8,11H2. The van der Waals surface area contributed by atoms with Crippen LogP contribution >= 0.6 is 0 Å². The number of rotatable bonds is 4. The van der Waals surface area contributed by atoms with Gasteiger partial charge in [0.2, 0.25) is 0 Å². The molecule has 1 aliphatic heterocycles. The smallest absolute Gasteiger partial charge is 0.151 e. The van der Waals surface area contributed by atoms with Gasteiger partial charge in [-0.15, -0.1) is 10.2 Å². The fourth-order valence-electron chi connectivity index (χ4n) is 3.26. The number of hydrogen-bond acceptors (Lipinski definition) is 5. The molecule has 0 saturated carbocycles. The second kappa shape index (κ2) is 7.03. The maximum absolute atomic E-state index is 10.4. The van der Waals surface area contributed by atoms with Crippen molar-refractivity contribution in [1.82, 2.24) is 25.1 Å². The van der Waals surface area contributed by atoms with Crippen molar-refractivity contribution in [2.24, 2.45) is 5.92 Å². The van der Waals surface area contributed by atoms with Gasteiger partial charge in [0.05, 0.1) is 6.20 Å². The molecular formula is C19H21N5O. The average Bonchev–Trinajstić information content (AvgIpc) is 3.18. The fourth-order valence-corrected chi connectivity index (χ4v) is 3.26. The van der Waals surface area contributed by atoms with E-state index in [-0.39, 0.29) is 5.75 Å². The molecule has 6 heteroatoms. The maximum atomic E-state index is 10.4. The van der Waals surface area contributed by atoms with Gasteiger partial charge >= 0.3 is 0 Å². The van der Waals surface area contributed by atoms with Gasteiger partial charge in [-0.05, 0) is 56.1 Å². The maximum Gasteiger partial charge on any atom is 0.151 e. The molecule has 2 aromatic heterocycles. The summed E-state index contributed by atoms with van der Waals surface area (Å²) in [4.78, 5) is 4.45. The van der Waals surface area contributed by atoms with Crippen LogP contribution in [-0.2, 0) is 6.42 Å². The molecule has 1 aromatic carbocycles. The Bertz CT molecular complexity index is 824. The summed E-state index contributed by atoms with van der Waals surface area (Å²) in [5.74, 6) is 1.58. The van der Waals surface area contributed by atoms with E-state index in [0.29, 0.717) is 17.2 Å². The van der Waals surface area contributed by atoms with Crippen LogP contribution in [0.3, 0.4) is 0 Å². The van der Waals surface area contributed by atoms with Crippen molar-refractivity contribution in [1.29, 1.82) is 0 Å². The summed E-state index contributed by atoms with van der Waals surface area (Å²) in [7, 11) is 0. The number of hydrogen-bond donors (Lipinski definition) is 2. The summed E-state index contributed by atoms with van der Waals surface area (Å²) in [6.07, 6.45) is 8.76. The van der Waals surface area contributed by atoms with Crippen LogP contribution in [0, 0.1) is 5.92 Å². The molecule has 128 valence electrons. The highest BCUT2D eigenvalue weighted by molar-refractivity contribution is 5.67. The summed E-state index contributed by atoms with van der Waals surface area (Å²) in [5.41, 5.74) is 2.13. The normalized spacial score (nSPS) is 15.4. The molecule has 0 bridgehead atoms. The predicted octanol–water partition coefficient (Wildman–Crippen LogP) is 2.58. The molecule has 0 spiro atoms. The average molecular weight is 335 g/mol. The highest BCUT2D eigenvalue weighted by atomic mass is 16.3. The van der Waals surface area contributed by atoms with E-state index in [2.05, 4.69) is 20.5 Å². The van der Waals surface area contributed by atoms with Crippen LogP contribution in [0.5, 0.6) is 5.75 Å². The van der Waals surface area contributed by atoms with Gasteiger partial charge in [0.15, 0.2) is 5.82 Å². The van der Waals surface area contributed by atoms with E-state index in [0.717, 1.165) is 43.9 Å². The van der Waals surface area contributed by atoms with E-state index in [9.17, 15) is 5.11 Å². The third kappa shape index (κ3) is 3.53. The van der Waals surface area contributed by atoms with Crippen LogP contribution in [0.25, 0.3) is 16.9 Å². The fraction of sp³-hybridized carbons (Fsp3) is 0.316. The Morgan fingerprint density at radius 1 is 1.12 bits per heavy atom. The van der Waals surface area contributed by atoms with E-state index < -0.39 is 0 Å². The molecule has 1 aliphatic rings. The zero-order valence-electron chi connectivity index (χ0n) is 14.0. The second-order valence-corrected chi connectivity index (χ2v) is 6.45. The Labute approximate surface area is 146 Å². The molecule has 2 N–H and O–H groups in total. The first-order valence-electron chi connectivity index (χ1n) is 8.65. The van der Waals surface area contributed by atoms with Gasteiger partial charge in [0.1, 0.15) is 11.4 Å². The SMILES string of the molecule is Oc1cc(-n2cccc2)ccc1-c1cnc(CC2CCNCC2)nn1.